The van der Waals surface area contributed by atoms with E-state index in [2.05, 4.69) is 33.7 Å². The van der Waals surface area contributed by atoms with Crippen molar-refractivity contribution in [2.24, 2.45) is 0 Å². The number of aromatic nitrogens is 3. The summed E-state index contributed by atoms with van der Waals surface area (Å²) in [7, 11) is 2.03. The van der Waals surface area contributed by atoms with E-state index in [-0.39, 0.29) is 0 Å². The third-order valence-electron chi connectivity index (χ3n) is 3.24. The summed E-state index contributed by atoms with van der Waals surface area (Å²) in [6.07, 6.45) is 6.09. The monoisotopic (exact) mass is 290 g/mol. The number of pyridine rings is 1. The van der Waals surface area contributed by atoms with Crippen molar-refractivity contribution in [2.45, 2.75) is 26.2 Å². The first-order valence-electron chi connectivity index (χ1n) is 6.70. The lowest BCUT2D eigenvalue weighted by molar-refractivity contribution is 0.799. The van der Waals surface area contributed by atoms with Gasteiger partial charge in [0.15, 0.2) is 0 Å². The Hall–Kier alpha value is -1.68. The van der Waals surface area contributed by atoms with Crippen molar-refractivity contribution in [2.75, 3.05) is 18.5 Å². The second-order valence-electron chi connectivity index (χ2n) is 5.08. The molecule has 0 unspecified atom stereocenters. The molecule has 0 atom stereocenters. The van der Waals surface area contributed by atoms with Crippen molar-refractivity contribution in [3.8, 4) is 0 Å². The van der Waals surface area contributed by atoms with Crippen molar-refractivity contribution in [1.29, 1.82) is 0 Å². The fraction of sp³-hybridized carbons (Fsp3) is 0.400. The van der Waals surface area contributed by atoms with E-state index in [4.69, 9.17) is 11.6 Å². The molecule has 0 radical (unpaired) electrons. The number of likely N-dealkylation sites (N-methyl/N-ethyl adjacent to an activating group) is 1. The van der Waals surface area contributed by atoms with Gasteiger partial charge in [-0.15, -0.1) is 0 Å². The van der Waals surface area contributed by atoms with Gasteiger partial charge < -0.3 is 4.90 Å². The van der Waals surface area contributed by atoms with E-state index in [0.29, 0.717) is 11.1 Å². The molecule has 4 nitrogen and oxygen atoms in total. The first kappa shape index (κ1) is 14.7. The second-order valence-corrected chi connectivity index (χ2v) is 5.44. The van der Waals surface area contributed by atoms with E-state index in [9.17, 15) is 0 Å². The molecule has 0 aromatic carbocycles. The highest BCUT2D eigenvalue weighted by Gasteiger charge is 2.16. The number of anilines is 1. The van der Waals surface area contributed by atoms with Gasteiger partial charge >= 0.3 is 0 Å². The number of rotatable bonds is 5. The molecule has 0 aliphatic heterocycles. The highest BCUT2D eigenvalue weighted by molar-refractivity contribution is 6.30. The van der Waals surface area contributed by atoms with Gasteiger partial charge in [0.2, 0.25) is 0 Å². The molecule has 2 aromatic heterocycles. The Morgan fingerprint density at radius 1 is 1.20 bits per heavy atom. The zero-order valence-corrected chi connectivity index (χ0v) is 12.8. The molecule has 0 fully saturated rings. The summed E-state index contributed by atoms with van der Waals surface area (Å²) >= 11 is 6.20. The molecule has 0 aliphatic rings. The maximum absolute atomic E-state index is 6.20. The maximum Gasteiger partial charge on any atom is 0.138 e. The first-order valence-corrected chi connectivity index (χ1v) is 7.07. The summed E-state index contributed by atoms with van der Waals surface area (Å²) in [5.74, 6) is 1.20. The van der Waals surface area contributed by atoms with Crippen LogP contribution in [-0.4, -0.2) is 28.5 Å². The number of halogens is 1. The van der Waals surface area contributed by atoms with Crippen molar-refractivity contribution in [1.82, 2.24) is 15.0 Å². The van der Waals surface area contributed by atoms with Crippen LogP contribution in [0.2, 0.25) is 5.15 Å². The van der Waals surface area contributed by atoms with Crippen LogP contribution in [-0.2, 0) is 6.42 Å². The minimum absolute atomic E-state index is 0.294. The predicted octanol–water partition coefficient (Wildman–Crippen LogP) is 3.33. The molecule has 0 bridgehead atoms. The van der Waals surface area contributed by atoms with Crippen LogP contribution in [0.4, 0.5) is 5.82 Å². The van der Waals surface area contributed by atoms with Gasteiger partial charge in [-0.3, -0.25) is 4.98 Å². The van der Waals surface area contributed by atoms with Crippen LogP contribution < -0.4 is 4.90 Å². The Labute approximate surface area is 124 Å². The smallest absolute Gasteiger partial charge is 0.138 e. The van der Waals surface area contributed by atoms with Crippen LogP contribution >= 0.6 is 11.6 Å². The normalized spacial score (nSPS) is 10.8. The molecule has 5 heteroatoms. The molecule has 0 saturated heterocycles. The van der Waals surface area contributed by atoms with E-state index in [1.807, 2.05) is 31.6 Å². The van der Waals surface area contributed by atoms with Crippen molar-refractivity contribution >= 4 is 17.4 Å². The fourth-order valence-electron chi connectivity index (χ4n) is 2.12. The average Bonchev–Trinajstić information content (AvgIpc) is 2.45. The topological polar surface area (TPSA) is 41.9 Å². The van der Waals surface area contributed by atoms with Gasteiger partial charge in [0.1, 0.15) is 17.3 Å². The van der Waals surface area contributed by atoms with Crippen LogP contribution in [0.15, 0.2) is 30.9 Å². The molecular formula is C15H19ClN4. The predicted molar refractivity (Wildman–Crippen MR) is 82.3 cm³/mol. The van der Waals surface area contributed by atoms with Crippen LogP contribution in [0.5, 0.6) is 0 Å². The molecule has 2 heterocycles. The van der Waals surface area contributed by atoms with Crippen molar-refractivity contribution in [3.63, 3.8) is 0 Å². The average molecular weight is 291 g/mol. The lowest BCUT2D eigenvalue weighted by atomic mass is 10.1. The number of hydrogen-bond donors (Lipinski definition) is 0. The Balaban J connectivity index is 2.13. The summed E-state index contributed by atoms with van der Waals surface area (Å²) in [6, 6.07) is 4.06. The van der Waals surface area contributed by atoms with Gasteiger partial charge in [0.05, 0.1) is 0 Å². The van der Waals surface area contributed by atoms with E-state index >= 15 is 0 Å². The lowest BCUT2D eigenvalue weighted by Gasteiger charge is -2.23. The summed E-state index contributed by atoms with van der Waals surface area (Å²) in [4.78, 5) is 14.6. The minimum Gasteiger partial charge on any atom is -0.359 e. The van der Waals surface area contributed by atoms with Gasteiger partial charge in [0.25, 0.3) is 0 Å². The van der Waals surface area contributed by atoms with E-state index in [0.717, 1.165) is 24.3 Å². The van der Waals surface area contributed by atoms with Crippen molar-refractivity contribution < 1.29 is 0 Å². The van der Waals surface area contributed by atoms with Crippen LogP contribution in [0.25, 0.3) is 0 Å². The Bertz CT molecular complexity index is 557. The van der Waals surface area contributed by atoms with Crippen LogP contribution in [0, 0.1) is 0 Å². The third kappa shape index (κ3) is 3.45. The highest BCUT2D eigenvalue weighted by atomic mass is 35.5. The van der Waals surface area contributed by atoms with Crippen LogP contribution in [0.3, 0.4) is 0 Å². The maximum atomic E-state index is 6.20. The summed E-state index contributed by atoms with van der Waals surface area (Å²) < 4.78 is 0. The molecule has 106 valence electrons. The molecule has 0 amide bonds. The van der Waals surface area contributed by atoms with E-state index in [1.165, 1.54) is 11.9 Å². The second kappa shape index (κ2) is 6.66. The first-order chi connectivity index (χ1) is 9.59. The van der Waals surface area contributed by atoms with Crippen molar-refractivity contribution in [3.05, 3.63) is 47.1 Å². The fourth-order valence-corrected chi connectivity index (χ4v) is 2.46. The summed E-state index contributed by atoms with van der Waals surface area (Å²) in [5, 5.41) is 0.542. The molecule has 2 rings (SSSR count). The largest absolute Gasteiger partial charge is 0.359 e. The highest BCUT2D eigenvalue weighted by Crippen LogP contribution is 2.29. The Morgan fingerprint density at radius 2 is 1.90 bits per heavy atom. The standard InChI is InChI=1S/C15H19ClN4/c1-11(2)13-14(16)18-10-19-15(13)20(3)9-6-12-4-7-17-8-5-12/h4-5,7-8,10-11H,6,9H2,1-3H3. The van der Waals surface area contributed by atoms with E-state index in [1.54, 1.807) is 0 Å². The number of hydrogen-bond acceptors (Lipinski definition) is 4. The van der Waals surface area contributed by atoms with Gasteiger partial charge in [0, 0.05) is 31.5 Å². The molecule has 20 heavy (non-hydrogen) atoms. The SMILES string of the molecule is CC(C)c1c(Cl)ncnc1N(C)CCc1ccncc1. The lowest BCUT2D eigenvalue weighted by Crippen LogP contribution is -2.23. The summed E-state index contributed by atoms with van der Waals surface area (Å²) in [6.45, 7) is 5.08. The van der Waals surface area contributed by atoms with Crippen LogP contribution in [0.1, 0.15) is 30.9 Å². The number of nitrogens with zero attached hydrogens (tertiary/aromatic N) is 4. The summed E-state index contributed by atoms with van der Waals surface area (Å²) in [5.41, 5.74) is 2.27. The van der Waals surface area contributed by atoms with E-state index < -0.39 is 0 Å². The molecular weight excluding hydrogens is 272 g/mol. The van der Waals surface area contributed by atoms with Gasteiger partial charge in [-0.2, -0.15) is 0 Å². The zero-order chi connectivity index (χ0) is 14.5. The quantitative estimate of drug-likeness (QED) is 0.792. The third-order valence-corrected chi connectivity index (χ3v) is 3.54. The van der Waals surface area contributed by atoms with Gasteiger partial charge in [-0.05, 0) is 30.0 Å². The molecule has 2 aromatic rings. The minimum atomic E-state index is 0.294. The van der Waals surface area contributed by atoms with Gasteiger partial charge in [-0.25, -0.2) is 9.97 Å². The molecule has 0 N–H and O–H groups in total. The molecule has 0 spiro atoms. The molecule has 0 saturated carbocycles. The zero-order valence-electron chi connectivity index (χ0n) is 12.0. The van der Waals surface area contributed by atoms with Gasteiger partial charge in [-0.1, -0.05) is 25.4 Å². The Morgan fingerprint density at radius 3 is 2.55 bits per heavy atom. The molecule has 0 aliphatic carbocycles. The Kier molecular flexibility index (Phi) is 4.90.